The SMILES string of the molecule is Cc1ccc(C)c(NC(=O)c2ccc(Cl)c(S(=O)(=O)NC[C@@H]3CCCO3)c2)c1. The Morgan fingerprint density at radius 1 is 1.21 bits per heavy atom. The van der Waals surface area contributed by atoms with Crippen LogP contribution in [-0.4, -0.2) is 33.6 Å². The van der Waals surface area contributed by atoms with Crippen molar-refractivity contribution in [3.63, 3.8) is 0 Å². The van der Waals surface area contributed by atoms with E-state index in [0.29, 0.717) is 12.3 Å². The van der Waals surface area contributed by atoms with E-state index in [2.05, 4.69) is 10.0 Å². The van der Waals surface area contributed by atoms with Gasteiger partial charge in [-0.15, -0.1) is 0 Å². The fraction of sp³-hybridized carbons (Fsp3) is 0.350. The molecule has 1 atom stereocenters. The van der Waals surface area contributed by atoms with Gasteiger partial charge in [0, 0.05) is 24.4 Å². The fourth-order valence-corrected chi connectivity index (χ4v) is 4.59. The maximum Gasteiger partial charge on any atom is 0.255 e. The topological polar surface area (TPSA) is 84.5 Å². The van der Waals surface area contributed by atoms with Crippen molar-refractivity contribution in [2.45, 2.75) is 37.7 Å². The molecule has 1 aliphatic rings. The number of benzene rings is 2. The molecule has 2 aromatic carbocycles. The Hall–Kier alpha value is -1.93. The Morgan fingerprint density at radius 3 is 2.71 bits per heavy atom. The van der Waals surface area contributed by atoms with Crippen molar-refractivity contribution >= 4 is 33.2 Å². The molecule has 0 spiro atoms. The molecule has 2 N–H and O–H groups in total. The normalized spacial score (nSPS) is 16.9. The first-order chi connectivity index (χ1) is 13.3. The molecular formula is C20H23ClN2O4S. The van der Waals surface area contributed by atoms with Crippen molar-refractivity contribution < 1.29 is 17.9 Å². The van der Waals surface area contributed by atoms with Crippen LogP contribution in [0, 0.1) is 13.8 Å². The van der Waals surface area contributed by atoms with Gasteiger partial charge in [0.05, 0.1) is 11.1 Å². The van der Waals surface area contributed by atoms with E-state index in [1.54, 1.807) is 0 Å². The van der Waals surface area contributed by atoms with E-state index < -0.39 is 15.9 Å². The highest BCUT2D eigenvalue weighted by atomic mass is 35.5. The van der Waals surface area contributed by atoms with Gasteiger partial charge in [-0.1, -0.05) is 23.7 Å². The van der Waals surface area contributed by atoms with Gasteiger partial charge in [-0.25, -0.2) is 13.1 Å². The summed E-state index contributed by atoms with van der Waals surface area (Å²) in [5.74, 6) is -0.402. The summed E-state index contributed by atoms with van der Waals surface area (Å²) in [5.41, 5.74) is 2.82. The van der Waals surface area contributed by atoms with Crippen molar-refractivity contribution in [1.29, 1.82) is 0 Å². The van der Waals surface area contributed by atoms with Gasteiger partial charge in [-0.2, -0.15) is 0 Å². The summed E-state index contributed by atoms with van der Waals surface area (Å²) in [6, 6.07) is 9.95. The molecule has 1 aliphatic heterocycles. The van der Waals surface area contributed by atoms with Crippen LogP contribution in [0.3, 0.4) is 0 Å². The molecule has 1 amide bonds. The van der Waals surface area contributed by atoms with Gasteiger partial charge in [0.2, 0.25) is 10.0 Å². The quantitative estimate of drug-likeness (QED) is 0.743. The fourth-order valence-electron chi connectivity index (χ4n) is 3.00. The average Bonchev–Trinajstić information content (AvgIpc) is 3.17. The van der Waals surface area contributed by atoms with Gasteiger partial charge in [-0.3, -0.25) is 4.79 Å². The van der Waals surface area contributed by atoms with Crippen molar-refractivity contribution in [2.75, 3.05) is 18.5 Å². The van der Waals surface area contributed by atoms with Crippen LogP contribution in [0.1, 0.15) is 34.3 Å². The average molecular weight is 423 g/mol. The first kappa shape index (κ1) is 20.8. The standard InChI is InChI=1S/C20H23ClN2O4S/c1-13-5-6-14(2)18(10-13)23-20(24)15-7-8-17(21)19(11-15)28(25,26)22-12-16-4-3-9-27-16/h5-8,10-11,16,22H,3-4,9,12H2,1-2H3,(H,23,24)/t16-/m0/s1. The zero-order chi connectivity index (χ0) is 20.3. The van der Waals surface area contributed by atoms with Gasteiger partial charge >= 0.3 is 0 Å². The molecule has 6 nitrogen and oxygen atoms in total. The second-order valence-corrected chi connectivity index (χ2v) is 9.05. The lowest BCUT2D eigenvalue weighted by Crippen LogP contribution is -2.32. The molecular weight excluding hydrogens is 400 g/mol. The molecule has 0 bridgehead atoms. The molecule has 0 aromatic heterocycles. The third kappa shape index (κ3) is 4.91. The predicted molar refractivity (Wildman–Crippen MR) is 109 cm³/mol. The summed E-state index contributed by atoms with van der Waals surface area (Å²) in [4.78, 5) is 12.5. The minimum Gasteiger partial charge on any atom is -0.377 e. The number of hydrogen-bond acceptors (Lipinski definition) is 4. The smallest absolute Gasteiger partial charge is 0.255 e. The molecule has 1 fully saturated rings. The van der Waals surface area contributed by atoms with E-state index in [4.69, 9.17) is 16.3 Å². The maximum atomic E-state index is 12.7. The van der Waals surface area contributed by atoms with E-state index in [-0.39, 0.29) is 28.1 Å². The maximum absolute atomic E-state index is 12.7. The molecule has 1 heterocycles. The number of hydrogen-bond donors (Lipinski definition) is 2. The van der Waals surface area contributed by atoms with Crippen LogP contribution in [-0.2, 0) is 14.8 Å². The van der Waals surface area contributed by atoms with Crippen LogP contribution in [0.2, 0.25) is 5.02 Å². The van der Waals surface area contributed by atoms with E-state index >= 15 is 0 Å². The minimum atomic E-state index is -3.86. The Kier molecular flexibility index (Phi) is 6.40. The minimum absolute atomic E-state index is 0.0585. The van der Waals surface area contributed by atoms with Crippen LogP contribution in [0.25, 0.3) is 0 Å². The summed E-state index contributed by atoms with van der Waals surface area (Å²) in [6.45, 7) is 4.64. The molecule has 28 heavy (non-hydrogen) atoms. The van der Waals surface area contributed by atoms with Crippen molar-refractivity contribution in [3.05, 3.63) is 58.1 Å². The predicted octanol–water partition coefficient (Wildman–Crippen LogP) is 3.67. The van der Waals surface area contributed by atoms with Gasteiger partial charge in [0.25, 0.3) is 5.91 Å². The Balaban J connectivity index is 1.79. The van der Waals surface area contributed by atoms with Crippen molar-refractivity contribution in [3.8, 4) is 0 Å². The van der Waals surface area contributed by atoms with E-state index in [0.717, 1.165) is 24.0 Å². The monoisotopic (exact) mass is 422 g/mol. The molecule has 3 rings (SSSR count). The Morgan fingerprint density at radius 2 is 2.00 bits per heavy atom. The molecule has 0 saturated carbocycles. The first-order valence-corrected chi connectivity index (χ1v) is 10.9. The lowest BCUT2D eigenvalue weighted by atomic mass is 10.1. The highest BCUT2D eigenvalue weighted by Gasteiger charge is 2.23. The largest absolute Gasteiger partial charge is 0.377 e. The number of halogens is 1. The number of amides is 1. The van der Waals surface area contributed by atoms with Crippen LogP contribution in [0.15, 0.2) is 41.3 Å². The number of carbonyl (C=O) groups is 1. The third-order valence-electron chi connectivity index (χ3n) is 4.65. The number of aryl methyl sites for hydroxylation is 2. The lowest BCUT2D eigenvalue weighted by molar-refractivity contribution is 0.102. The molecule has 150 valence electrons. The van der Waals surface area contributed by atoms with Crippen LogP contribution in [0.4, 0.5) is 5.69 Å². The van der Waals surface area contributed by atoms with Gasteiger partial charge in [0.1, 0.15) is 4.90 Å². The number of carbonyl (C=O) groups excluding carboxylic acids is 1. The number of anilines is 1. The van der Waals surface area contributed by atoms with Crippen molar-refractivity contribution in [2.24, 2.45) is 0 Å². The Bertz CT molecular complexity index is 986. The summed E-state index contributed by atoms with van der Waals surface area (Å²) in [7, 11) is -3.86. The first-order valence-electron chi connectivity index (χ1n) is 9.06. The molecule has 1 saturated heterocycles. The summed E-state index contributed by atoms with van der Waals surface area (Å²) in [6.07, 6.45) is 1.60. The number of sulfonamides is 1. The molecule has 0 radical (unpaired) electrons. The summed E-state index contributed by atoms with van der Waals surface area (Å²) in [5, 5.41) is 2.88. The van der Waals surface area contributed by atoms with Gasteiger partial charge in [0.15, 0.2) is 0 Å². The molecule has 0 unspecified atom stereocenters. The van der Waals surface area contributed by atoms with Gasteiger partial charge < -0.3 is 10.1 Å². The van der Waals surface area contributed by atoms with E-state index in [9.17, 15) is 13.2 Å². The Labute approximate surface area is 170 Å². The van der Waals surface area contributed by atoms with Crippen molar-refractivity contribution in [1.82, 2.24) is 4.72 Å². The highest BCUT2D eigenvalue weighted by molar-refractivity contribution is 7.89. The lowest BCUT2D eigenvalue weighted by Gasteiger charge is -2.14. The summed E-state index contributed by atoms with van der Waals surface area (Å²) >= 11 is 6.10. The van der Waals surface area contributed by atoms with Crippen LogP contribution in [0.5, 0.6) is 0 Å². The zero-order valence-electron chi connectivity index (χ0n) is 15.8. The number of rotatable bonds is 6. The second kappa shape index (κ2) is 8.61. The molecule has 8 heteroatoms. The molecule has 2 aromatic rings. The second-order valence-electron chi connectivity index (χ2n) is 6.90. The number of ether oxygens (including phenoxy) is 1. The molecule has 0 aliphatic carbocycles. The third-order valence-corrected chi connectivity index (χ3v) is 6.55. The van der Waals surface area contributed by atoms with Crippen LogP contribution < -0.4 is 10.0 Å². The van der Waals surface area contributed by atoms with E-state index in [1.807, 2.05) is 32.0 Å². The number of nitrogens with one attached hydrogen (secondary N) is 2. The summed E-state index contributed by atoms with van der Waals surface area (Å²) < 4.78 is 33.3. The zero-order valence-corrected chi connectivity index (χ0v) is 17.4. The van der Waals surface area contributed by atoms with E-state index in [1.165, 1.54) is 18.2 Å². The van der Waals surface area contributed by atoms with Gasteiger partial charge in [-0.05, 0) is 62.1 Å². The highest BCUT2D eigenvalue weighted by Crippen LogP contribution is 2.24. The van der Waals surface area contributed by atoms with Crippen LogP contribution >= 0.6 is 11.6 Å².